The zero-order chi connectivity index (χ0) is 15.2. The van der Waals surface area contributed by atoms with Crippen LogP contribution in [-0.2, 0) is 7.05 Å². The number of halogens is 5. The number of hydrogen-bond acceptors (Lipinski definition) is 1. The van der Waals surface area contributed by atoms with Crippen molar-refractivity contribution in [2.45, 2.75) is 6.92 Å². The molecule has 20 heavy (non-hydrogen) atoms. The molecule has 0 aliphatic rings. The van der Waals surface area contributed by atoms with Crippen molar-refractivity contribution in [3.8, 4) is 11.3 Å². The van der Waals surface area contributed by atoms with Crippen molar-refractivity contribution in [1.82, 2.24) is 4.57 Å². The summed E-state index contributed by atoms with van der Waals surface area (Å²) in [6.07, 6.45) is 0. The van der Waals surface area contributed by atoms with E-state index in [9.17, 15) is 26.7 Å². The molecule has 2 nitrogen and oxygen atoms in total. The van der Waals surface area contributed by atoms with Crippen LogP contribution in [0.1, 0.15) is 17.4 Å². The summed E-state index contributed by atoms with van der Waals surface area (Å²) >= 11 is 0. The van der Waals surface area contributed by atoms with Crippen LogP contribution in [0.3, 0.4) is 0 Å². The average Bonchev–Trinajstić information content (AvgIpc) is 2.77. The van der Waals surface area contributed by atoms with E-state index in [0.717, 1.165) is 10.6 Å². The van der Waals surface area contributed by atoms with Gasteiger partial charge >= 0.3 is 0 Å². The summed E-state index contributed by atoms with van der Waals surface area (Å²) in [5, 5.41) is 0. The molecule has 2 aromatic rings. The van der Waals surface area contributed by atoms with E-state index in [0.29, 0.717) is 0 Å². The molecule has 106 valence electrons. The maximum Gasteiger partial charge on any atom is 0.200 e. The van der Waals surface area contributed by atoms with Crippen molar-refractivity contribution in [2.75, 3.05) is 0 Å². The van der Waals surface area contributed by atoms with Crippen molar-refractivity contribution < 1.29 is 26.7 Å². The minimum absolute atomic E-state index is 0.0870. The molecule has 0 amide bonds. The molecule has 0 atom stereocenters. The van der Waals surface area contributed by atoms with Gasteiger partial charge in [-0.05, 0) is 12.1 Å². The van der Waals surface area contributed by atoms with Crippen LogP contribution in [-0.4, -0.2) is 10.4 Å². The number of Topliss-reactive ketones (excluding diaryl/α,β-unsaturated/α-hetero) is 1. The number of nitrogens with zero attached hydrogens (tertiary/aromatic N) is 1. The summed E-state index contributed by atoms with van der Waals surface area (Å²) in [6, 6.07) is 2.37. The molecular formula is C13H8F5NO. The third kappa shape index (κ3) is 1.90. The van der Waals surface area contributed by atoms with Gasteiger partial charge in [0.1, 0.15) is 0 Å². The molecule has 0 aliphatic carbocycles. The van der Waals surface area contributed by atoms with Crippen LogP contribution >= 0.6 is 0 Å². The Labute approximate surface area is 110 Å². The van der Waals surface area contributed by atoms with E-state index in [4.69, 9.17) is 0 Å². The Kier molecular flexibility index (Phi) is 3.37. The molecule has 1 aromatic heterocycles. The summed E-state index contributed by atoms with van der Waals surface area (Å²) in [7, 11) is 1.30. The van der Waals surface area contributed by atoms with Crippen LogP contribution in [0.2, 0.25) is 0 Å². The second-order valence-corrected chi connectivity index (χ2v) is 4.16. The van der Waals surface area contributed by atoms with Gasteiger partial charge in [-0.3, -0.25) is 4.79 Å². The maximum atomic E-state index is 13.7. The Morgan fingerprint density at radius 3 is 1.75 bits per heavy atom. The van der Waals surface area contributed by atoms with Gasteiger partial charge in [0.25, 0.3) is 0 Å². The molecule has 1 heterocycles. The van der Waals surface area contributed by atoms with E-state index in [1.807, 2.05) is 0 Å². The highest BCUT2D eigenvalue weighted by Crippen LogP contribution is 2.32. The highest BCUT2D eigenvalue weighted by atomic mass is 19.2. The van der Waals surface area contributed by atoms with Gasteiger partial charge in [0, 0.05) is 14.0 Å². The maximum absolute atomic E-state index is 13.7. The Hall–Kier alpha value is -2.18. The molecule has 0 bridgehead atoms. The van der Waals surface area contributed by atoms with E-state index in [1.54, 1.807) is 0 Å². The lowest BCUT2D eigenvalue weighted by atomic mass is 10.1. The molecule has 0 aliphatic heterocycles. The van der Waals surface area contributed by atoms with Crippen molar-refractivity contribution in [2.24, 2.45) is 7.05 Å². The summed E-state index contributed by atoms with van der Waals surface area (Å²) in [5.41, 5.74) is -1.25. The first-order valence-electron chi connectivity index (χ1n) is 5.45. The first-order chi connectivity index (χ1) is 9.27. The van der Waals surface area contributed by atoms with Gasteiger partial charge in [0.05, 0.1) is 17.0 Å². The van der Waals surface area contributed by atoms with Gasteiger partial charge in [0.15, 0.2) is 29.1 Å². The van der Waals surface area contributed by atoms with Gasteiger partial charge in [-0.15, -0.1) is 0 Å². The smallest absolute Gasteiger partial charge is 0.200 e. The summed E-state index contributed by atoms with van der Waals surface area (Å²) in [6.45, 7) is 1.22. The van der Waals surface area contributed by atoms with E-state index >= 15 is 0 Å². The van der Waals surface area contributed by atoms with Crippen molar-refractivity contribution in [1.29, 1.82) is 0 Å². The SMILES string of the molecule is CC(=O)c1ccc(-c2c(F)c(F)c(F)c(F)c2F)n1C. The van der Waals surface area contributed by atoms with Gasteiger partial charge < -0.3 is 4.57 Å². The van der Waals surface area contributed by atoms with Gasteiger partial charge in [-0.25, -0.2) is 22.0 Å². The first-order valence-corrected chi connectivity index (χ1v) is 5.45. The van der Waals surface area contributed by atoms with Crippen molar-refractivity contribution >= 4 is 5.78 Å². The van der Waals surface area contributed by atoms with Crippen molar-refractivity contribution in [3.63, 3.8) is 0 Å². The molecule has 0 saturated heterocycles. The number of rotatable bonds is 2. The number of hydrogen-bond donors (Lipinski definition) is 0. The molecular weight excluding hydrogens is 281 g/mol. The molecule has 7 heteroatoms. The number of ketones is 1. The second kappa shape index (κ2) is 4.73. The number of carbonyl (C=O) groups excluding carboxylic acids is 1. The van der Waals surface area contributed by atoms with Crippen LogP contribution in [0.4, 0.5) is 22.0 Å². The fourth-order valence-corrected chi connectivity index (χ4v) is 1.95. The number of aromatic nitrogens is 1. The predicted octanol–water partition coefficient (Wildman–Crippen LogP) is 3.59. The summed E-state index contributed by atoms with van der Waals surface area (Å²) in [5.74, 6) is -10.5. The topological polar surface area (TPSA) is 22.0 Å². The highest BCUT2D eigenvalue weighted by molar-refractivity contribution is 5.93. The third-order valence-electron chi connectivity index (χ3n) is 2.95. The zero-order valence-corrected chi connectivity index (χ0v) is 10.4. The standard InChI is InChI=1S/C13H8F5NO/c1-5(20)6-3-4-7(19(6)2)8-9(14)11(16)13(18)12(17)10(8)15/h3-4H,1-2H3. The van der Waals surface area contributed by atoms with Crippen LogP contribution in [0.25, 0.3) is 11.3 Å². The van der Waals surface area contributed by atoms with Gasteiger partial charge in [-0.2, -0.15) is 0 Å². The molecule has 0 unspecified atom stereocenters. The molecule has 1 aromatic carbocycles. The lowest BCUT2D eigenvalue weighted by molar-refractivity contribution is 0.101. The molecule has 0 spiro atoms. The highest BCUT2D eigenvalue weighted by Gasteiger charge is 2.28. The van der Waals surface area contributed by atoms with Gasteiger partial charge in [-0.1, -0.05) is 0 Å². The summed E-state index contributed by atoms with van der Waals surface area (Å²) in [4.78, 5) is 11.3. The van der Waals surface area contributed by atoms with Crippen LogP contribution < -0.4 is 0 Å². The zero-order valence-electron chi connectivity index (χ0n) is 10.4. The lowest BCUT2D eigenvalue weighted by Crippen LogP contribution is -2.08. The molecule has 0 fully saturated rings. The van der Waals surface area contributed by atoms with Gasteiger partial charge in [0.2, 0.25) is 5.82 Å². The quantitative estimate of drug-likeness (QED) is 0.358. The fraction of sp³-hybridized carbons (Fsp3) is 0.154. The molecule has 0 N–H and O–H groups in total. The minimum Gasteiger partial charge on any atom is -0.341 e. The average molecular weight is 289 g/mol. The van der Waals surface area contributed by atoms with Crippen LogP contribution in [0.15, 0.2) is 12.1 Å². The normalized spacial score (nSPS) is 10.9. The minimum atomic E-state index is -2.22. The molecule has 0 radical (unpaired) electrons. The Morgan fingerprint density at radius 1 is 0.900 bits per heavy atom. The summed E-state index contributed by atoms with van der Waals surface area (Å²) < 4.78 is 67.6. The number of carbonyl (C=O) groups is 1. The van der Waals surface area contributed by atoms with E-state index in [1.165, 1.54) is 20.0 Å². The monoisotopic (exact) mass is 289 g/mol. The van der Waals surface area contributed by atoms with Crippen LogP contribution in [0.5, 0.6) is 0 Å². The molecule has 2 rings (SSSR count). The Balaban J connectivity index is 2.80. The van der Waals surface area contributed by atoms with E-state index in [2.05, 4.69) is 0 Å². The largest absolute Gasteiger partial charge is 0.341 e. The Morgan fingerprint density at radius 2 is 1.35 bits per heavy atom. The second-order valence-electron chi connectivity index (χ2n) is 4.16. The Bertz CT molecular complexity index is 691. The van der Waals surface area contributed by atoms with Crippen molar-refractivity contribution in [3.05, 3.63) is 46.9 Å². The first kappa shape index (κ1) is 14.2. The van der Waals surface area contributed by atoms with Crippen LogP contribution in [0, 0.1) is 29.1 Å². The fourth-order valence-electron chi connectivity index (χ4n) is 1.95. The molecule has 0 saturated carbocycles. The number of benzene rings is 1. The van der Waals surface area contributed by atoms with E-state index < -0.39 is 40.4 Å². The lowest BCUT2D eigenvalue weighted by Gasteiger charge is -2.10. The predicted molar refractivity (Wildman–Crippen MR) is 60.6 cm³/mol. The third-order valence-corrected chi connectivity index (χ3v) is 2.95. The van der Waals surface area contributed by atoms with E-state index in [-0.39, 0.29) is 11.4 Å².